The topological polar surface area (TPSA) is 69.6 Å². The number of carbonyl (C=O) groups is 1. The van der Waals surface area contributed by atoms with Crippen molar-refractivity contribution in [3.63, 3.8) is 0 Å². The highest BCUT2D eigenvalue weighted by Gasteiger charge is 2.40. The second kappa shape index (κ2) is 7.43. The Morgan fingerprint density at radius 2 is 2.03 bits per heavy atom. The summed E-state index contributed by atoms with van der Waals surface area (Å²) >= 11 is 6.30. The summed E-state index contributed by atoms with van der Waals surface area (Å²) in [7, 11) is 0. The molecule has 0 spiro atoms. The van der Waals surface area contributed by atoms with Crippen LogP contribution in [0.4, 0.5) is 4.79 Å². The van der Waals surface area contributed by atoms with E-state index in [9.17, 15) is 9.90 Å². The maximum Gasteiger partial charge on any atom is 0.408 e. The number of carboxylic acid groups (broad SMARTS) is 1. The zero-order valence-electron chi connectivity index (χ0n) is 16.1. The molecular weight excluding hydrogens is 388 g/mol. The zero-order chi connectivity index (χ0) is 20.0. The summed E-state index contributed by atoms with van der Waals surface area (Å²) in [6.07, 6.45) is 4.63. The first kappa shape index (κ1) is 18.6. The van der Waals surface area contributed by atoms with Crippen LogP contribution in [0, 0.1) is 0 Å². The molecule has 1 saturated heterocycles. The van der Waals surface area contributed by atoms with E-state index in [4.69, 9.17) is 11.6 Å². The molecule has 29 heavy (non-hydrogen) atoms. The van der Waals surface area contributed by atoms with Crippen molar-refractivity contribution in [3.05, 3.63) is 64.2 Å². The summed E-state index contributed by atoms with van der Waals surface area (Å²) in [5.74, 6) is 0. The minimum absolute atomic E-state index is 0.0417. The molecule has 6 nitrogen and oxygen atoms in total. The maximum atomic E-state index is 11.6. The predicted octanol–water partition coefficient (Wildman–Crippen LogP) is 3.99. The van der Waals surface area contributed by atoms with Gasteiger partial charge in [-0.2, -0.15) is 0 Å². The quantitative estimate of drug-likeness (QED) is 0.775. The molecule has 1 aromatic carbocycles. The molecule has 0 saturated carbocycles. The molecule has 1 N–H and O–H groups in total. The van der Waals surface area contributed by atoms with Crippen molar-refractivity contribution in [2.75, 3.05) is 6.54 Å². The number of hydrogen-bond acceptors (Lipinski definition) is 4. The fourth-order valence-corrected chi connectivity index (χ4v) is 5.19. The molecular formula is C22H23ClN4O2. The summed E-state index contributed by atoms with van der Waals surface area (Å²) in [6, 6.07) is 10.4. The fraction of sp³-hybridized carbons (Fsp3) is 0.409. The fourth-order valence-electron chi connectivity index (χ4n) is 5.00. The van der Waals surface area contributed by atoms with Gasteiger partial charge in [0.1, 0.15) is 0 Å². The molecule has 3 aliphatic heterocycles. The highest BCUT2D eigenvalue weighted by atomic mass is 35.5. The van der Waals surface area contributed by atoms with Crippen molar-refractivity contribution in [2.45, 2.75) is 50.9 Å². The lowest BCUT2D eigenvalue weighted by molar-refractivity contribution is 0.128. The molecule has 0 radical (unpaired) electrons. The number of benzene rings is 1. The summed E-state index contributed by atoms with van der Waals surface area (Å²) in [5.41, 5.74) is 5.52. The van der Waals surface area contributed by atoms with E-state index >= 15 is 0 Å². The number of nitrogens with zero attached hydrogens (tertiary/aromatic N) is 4. The zero-order valence-corrected chi connectivity index (χ0v) is 16.8. The molecule has 150 valence electrons. The van der Waals surface area contributed by atoms with Crippen molar-refractivity contribution >= 4 is 23.3 Å². The van der Waals surface area contributed by atoms with Gasteiger partial charge in [0.25, 0.3) is 0 Å². The Morgan fingerprint density at radius 1 is 1.21 bits per heavy atom. The van der Waals surface area contributed by atoms with Gasteiger partial charge in [-0.25, -0.2) is 14.8 Å². The standard InChI is InChI=1S/C22H23ClN4O2/c23-21-24-19-13-26(12-14-4-2-1-3-5-14)9-8-18(19)20(25-21)15-10-16-6-7-17(11-15)27(16)22(28)29/h1-5,10,16-17H,6-9,11-13H2,(H,28,29). The predicted molar refractivity (Wildman–Crippen MR) is 111 cm³/mol. The Morgan fingerprint density at radius 3 is 2.79 bits per heavy atom. The van der Waals surface area contributed by atoms with E-state index in [0.717, 1.165) is 55.9 Å². The van der Waals surface area contributed by atoms with Crippen LogP contribution in [0.5, 0.6) is 0 Å². The molecule has 2 bridgehead atoms. The Kier molecular flexibility index (Phi) is 4.76. The highest BCUT2D eigenvalue weighted by molar-refractivity contribution is 6.28. The third-order valence-corrected chi connectivity index (χ3v) is 6.46. The van der Waals surface area contributed by atoms with Crippen LogP contribution in [0.15, 0.2) is 36.4 Å². The minimum Gasteiger partial charge on any atom is -0.465 e. The van der Waals surface area contributed by atoms with Crippen LogP contribution in [-0.2, 0) is 19.5 Å². The average Bonchev–Trinajstić information content (AvgIpc) is 2.98. The molecule has 7 heteroatoms. The number of amides is 1. The third kappa shape index (κ3) is 3.51. The van der Waals surface area contributed by atoms with Crippen molar-refractivity contribution in [2.24, 2.45) is 0 Å². The van der Waals surface area contributed by atoms with Crippen LogP contribution in [0.1, 0.15) is 41.8 Å². The van der Waals surface area contributed by atoms with E-state index in [2.05, 4.69) is 45.2 Å². The lowest BCUT2D eigenvalue weighted by atomic mass is 9.92. The Balaban J connectivity index is 1.43. The Labute approximate surface area is 174 Å². The molecule has 1 aromatic heterocycles. The summed E-state index contributed by atoms with van der Waals surface area (Å²) in [6.45, 7) is 2.58. The van der Waals surface area contributed by atoms with Crippen molar-refractivity contribution in [3.8, 4) is 0 Å². The van der Waals surface area contributed by atoms with E-state index in [-0.39, 0.29) is 17.4 Å². The second-order valence-electron chi connectivity index (χ2n) is 8.10. The summed E-state index contributed by atoms with van der Waals surface area (Å²) < 4.78 is 0. The van der Waals surface area contributed by atoms with Crippen LogP contribution < -0.4 is 0 Å². The first-order valence-electron chi connectivity index (χ1n) is 10.1. The van der Waals surface area contributed by atoms with Crippen molar-refractivity contribution in [1.29, 1.82) is 0 Å². The van der Waals surface area contributed by atoms with Gasteiger partial charge < -0.3 is 5.11 Å². The maximum absolute atomic E-state index is 11.6. The highest BCUT2D eigenvalue weighted by Crippen LogP contribution is 2.40. The molecule has 1 fully saturated rings. The van der Waals surface area contributed by atoms with Gasteiger partial charge in [0.15, 0.2) is 0 Å². The molecule has 3 aliphatic rings. The normalized spacial score (nSPS) is 23.6. The Hall–Kier alpha value is -2.44. The second-order valence-corrected chi connectivity index (χ2v) is 8.44. The van der Waals surface area contributed by atoms with Crippen LogP contribution in [-0.4, -0.2) is 49.6 Å². The summed E-state index contributed by atoms with van der Waals surface area (Å²) in [4.78, 5) is 24.7. The molecule has 4 heterocycles. The SMILES string of the molecule is O=C(O)N1C2C=C(c3nc(Cl)nc4c3CCN(Cc3ccccc3)C4)CC1CC2. The van der Waals surface area contributed by atoms with Crippen molar-refractivity contribution < 1.29 is 9.90 Å². The van der Waals surface area contributed by atoms with Gasteiger partial charge in [-0.05, 0) is 48.4 Å². The van der Waals surface area contributed by atoms with Gasteiger partial charge in [0.2, 0.25) is 5.28 Å². The molecule has 2 atom stereocenters. The smallest absolute Gasteiger partial charge is 0.408 e. The van der Waals surface area contributed by atoms with E-state index in [1.165, 1.54) is 11.1 Å². The number of aromatic nitrogens is 2. The average molecular weight is 411 g/mol. The van der Waals surface area contributed by atoms with Crippen LogP contribution in [0.25, 0.3) is 5.57 Å². The van der Waals surface area contributed by atoms with Crippen LogP contribution in [0.2, 0.25) is 5.28 Å². The van der Waals surface area contributed by atoms with Gasteiger partial charge in [0.05, 0.1) is 17.4 Å². The minimum atomic E-state index is -0.827. The lowest BCUT2D eigenvalue weighted by Crippen LogP contribution is -2.42. The third-order valence-electron chi connectivity index (χ3n) is 6.29. The Bertz CT molecular complexity index is 978. The van der Waals surface area contributed by atoms with Crippen molar-refractivity contribution in [1.82, 2.24) is 19.8 Å². The monoisotopic (exact) mass is 410 g/mol. The van der Waals surface area contributed by atoms with Crippen LogP contribution in [0.3, 0.4) is 0 Å². The number of halogens is 1. The van der Waals surface area contributed by atoms with E-state index in [1.54, 1.807) is 4.90 Å². The molecule has 2 aromatic rings. The molecule has 1 amide bonds. The van der Waals surface area contributed by atoms with Gasteiger partial charge in [0, 0.05) is 31.2 Å². The lowest BCUT2D eigenvalue weighted by Gasteiger charge is -2.33. The molecule has 0 aliphatic carbocycles. The summed E-state index contributed by atoms with van der Waals surface area (Å²) in [5, 5.41) is 9.78. The van der Waals surface area contributed by atoms with Gasteiger partial charge >= 0.3 is 6.09 Å². The van der Waals surface area contributed by atoms with Crippen LogP contribution >= 0.6 is 11.6 Å². The molecule has 2 unspecified atom stereocenters. The largest absolute Gasteiger partial charge is 0.465 e. The first-order valence-corrected chi connectivity index (χ1v) is 10.5. The van der Waals surface area contributed by atoms with Gasteiger partial charge in [-0.1, -0.05) is 36.4 Å². The number of rotatable bonds is 3. The first-order chi connectivity index (χ1) is 14.1. The van der Waals surface area contributed by atoms with E-state index in [1.807, 2.05) is 6.07 Å². The van der Waals surface area contributed by atoms with E-state index < -0.39 is 6.09 Å². The van der Waals surface area contributed by atoms with Gasteiger partial charge in [-0.3, -0.25) is 9.80 Å². The number of fused-ring (bicyclic) bond motifs is 3. The number of hydrogen-bond donors (Lipinski definition) is 1. The molecule has 5 rings (SSSR count). The van der Waals surface area contributed by atoms with Gasteiger partial charge in [-0.15, -0.1) is 0 Å². The van der Waals surface area contributed by atoms with E-state index in [0.29, 0.717) is 6.42 Å².